The summed E-state index contributed by atoms with van der Waals surface area (Å²) >= 11 is 0. The van der Waals surface area contributed by atoms with Gasteiger partial charge in [-0.25, -0.2) is 0 Å². The Morgan fingerprint density at radius 2 is 1.69 bits per heavy atom. The van der Waals surface area contributed by atoms with E-state index in [1.807, 2.05) is 4.90 Å². The molecule has 3 nitrogen and oxygen atoms in total. The molecular formula is C12H19ClN2O. The number of halogens is 1. The van der Waals surface area contributed by atoms with Crippen LogP contribution >= 0.6 is 12.4 Å². The first-order valence-electron chi connectivity index (χ1n) is 5.48. The summed E-state index contributed by atoms with van der Waals surface area (Å²) in [5, 5.41) is 0. The maximum absolute atomic E-state index is 12.0. The van der Waals surface area contributed by atoms with E-state index >= 15 is 0 Å². The van der Waals surface area contributed by atoms with Crippen molar-refractivity contribution < 1.29 is 4.79 Å². The molecule has 0 atom stereocenters. The van der Waals surface area contributed by atoms with Crippen LogP contribution in [0.15, 0.2) is 24.5 Å². The minimum absolute atomic E-state index is 0. The molecule has 0 aromatic carbocycles. The lowest BCUT2D eigenvalue weighted by molar-refractivity contribution is 0.0755. The van der Waals surface area contributed by atoms with Crippen molar-refractivity contribution in [3.8, 4) is 0 Å². The second-order valence-electron chi connectivity index (χ2n) is 3.53. The first-order chi connectivity index (χ1) is 7.29. The van der Waals surface area contributed by atoms with Gasteiger partial charge in [0.1, 0.15) is 0 Å². The fourth-order valence-electron chi connectivity index (χ4n) is 1.53. The monoisotopic (exact) mass is 242 g/mol. The summed E-state index contributed by atoms with van der Waals surface area (Å²) in [4.78, 5) is 17.8. The first-order valence-corrected chi connectivity index (χ1v) is 5.48. The Bertz CT molecular complexity index is 297. The SMILES string of the molecule is CCCN(CCC)C(=O)c1ccncc1.Cl. The molecule has 0 aliphatic heterocycles. The Morgan fingerprint density at radius 3 is 2.12 bits per heavy atom. The lowest BCUT2D eigenvalue weighted by Gasteiger charge is -2.21. The molecule has 16 heavy (non-hydrogen) atoms. The molecule has 0 N–H and O–H groups in total. The van der Waals surface area contributed by atoms with Gasteiger partial charge in [0.2, 0.25) is 0 Å². The lowest BCUT2D eigenvalue weighted by atomic mass is 10.2. The molecule has 1 aromatic rings. The second kappa shape index (κ2) is 8.11. The molecule has 0 saturated carbocycles. The maximum atomic E-state index is 12.0. The standard InChI is InChI=1S/C12H18N2O.ClH/c1-3-9-14(10-4-2)12(15)11-5-7-13-8-6-11;/h5-8H,3-4,9-10H2,1-2H3;1H. The van der Waals surface area contributed by atoms with Crippen LogP contribution in [0.25, 0.3) is 0 Å². The van der Waals surface area contributed by atoms with Gasteiger partial charge in [-0.2, -0.15) is 0 Å². The third-order valence-electron chi connectivity index (χ3n) is 2.20. The van der Waals surface area contributed by atoms with E-state index < -0.39 is 0 Å². The van der Waals surface area contributed by atoms with Crippen LogP contribution in [0.4, 0.5) is 0 Å². The summed E-state index contributed by atoms with van der Waals surface area (Å²) in [6.07, 6.45) is 5.31. The molecule has 0 aliphatic carbocycles. The Labute approximate surface area is 103 Å². The maximum Gasteiger partial charge on any atom is 0.253 e. The Balaban J connectivity index is 0.00000225. The smallest absolute Gasteiger partial charge is 0.253 e. The second-order valence-corrected chi connectivity index (χ2v) is 3.53. The van der Waals surface area contributed by atoms with Crippen LogP contribution in [0.3, 0.4) is 0 Å². The van der Waals surface area contributed by atoms with Crippen LogP contribution in [-0.4, -0.2) is 28.9 Å². The topological polar surface area (TPSA) is 33.2 Å². The predicted molar refractivity (Wildman–Crippen MR) is 68.0 cm³/mol. The summed E-state index contributed by atoms with van der Waals surface area (Å²) in [6, 6.07) is 3.53. The molecule has 0 fully saturated rings. The highest BCUT2D eigenvalue weighted by Gasteiger charge is 2.13. The van der Waals surface area contributed by atoms with E-state index in [1.54, 1.807) is 24.5 Å². The van der Waals surface area contributed by atoms with E-state index in [9.17, 15) is 4.79 Å². The zero-order valence-corrected chi connectivity index (χ0v) is 10.7. The van der Waals surface area contributed by atoms with Crippen LogP contribution in [0.2, 0.25) is 0 Å². The number of carbonyl (C=O) groups excluding carboxylic acids is 1. The van der Waals surface area contributed by atoms with Gasteiger partial charge in [-0.05, 0) is 25.0 Å². The van der Waals surface area contributed by atoms with Gasteiger partial charge in [0.15, 0.2) is 0 Å². The van der Waals surface area contributed by atoms with Gasteiger partial charge >= 0.3 is 0 Å². The number of rotatable bonds is 5. The quantitative estimate of drug-likeness (QED) is 0.796. The van der Waals surface area contributed by atoms with Crippen molar-refractivity contribution in [3.05, 3.63) is 30.1 Å². The van der Waals surface area contributed by atoms with E-state index in [1.165, 1.54) is 0 Å². The Hall–Kier alpha value is -1.09. The highest BCUT2D eigenvalue weighted by molar-refractivity contribution is 5.94. The largest absolute Gasteiger partial charge is 0.339 e. The van der Waals surface area contributed by atoms with E-state index in [2.05, 4.69) is 18.8 Å². The van der Waals surface area contributed by atoms with Crippen molar-refractivity contribution in [1.29, 1.82) is 0 Å². The van der Waals surface area contributed by atoms with Crippen molar-refractivity contribution in [2.75, 3.05) is 13.1 Å². The van der Waals surface area contributed by atoms with Crippen LogP contribution in [0.5, 0.6) is 0 Å². The Morgan fingerprint density at radius 1 is 1.19 bits per heavy atom. The van der Waals surface area contributed by atoms with E-state index in [-0.39, 0.29) is 18.3 Å². The minimum Gasteiger partial charge on any atom is -0.339 e. The molecule has 0 saturated heterocycles. The van der Waals surface area contributed by atoms with E-state index in [4.69, 9.17) is 0 Å². The normalized spacial score (nSPS) is 9.38. The van der Waals surface area contributed by atoms with Crippen molar-refractivity contribution >= 4 is 18.3 Å². The molecule has 0 unspecified atom stereocenters. The van der Waals surface area contributed by atoms with Crippen LogP contribution in [0.1, 0.15) is 37.0 Å². The van der Waals surface area contributed by atoms with Gasteiger partial charge in [-0.1, -0.05) is 13.8 Å². The van der Waals surface area contributed by atoms with Crippen molar-refractivity contribution in [2.45, 2.75) is 26.7 Å². The molecule has 1 rings (SSSR count). The van der Waals surface area contributed by atoms with Crippen LogP contribution in [0, 0.1) is 0 Å². The van der Waals surface area contributed by atoms with Gasteiger partial charge in [-0.15, -0.1) is 12.4 Å². The minimum atomic E-state index is 0. The van der Waals surface area contributed by atoms with Gasteiger partial charge in [0.25, 0.3) is 5.91 Å². The van der Waals surface area contributed by atoms with E-state index in [0.717, 1.165) is 31.5 Å². The molecular weight excluding hydrogens is 224 g/mol. The Kier molecular flexibility index (Phi) is 7.56. The molecule has 90 valence electrons. The number of hydrogen-bond acceptors (Lipinski definition) is 2. The van der Waals surface area contributed by atoms with Crippen molar-refractivity contribution in [3.63, 3.8) is 0 Å². The third-order valence-corrected chi connectivity index (χ3v) is 2.20. The van der Waals surface area contributed by atoms with Crippen LogP contribution in [-0.2, 0) is 0 Å². The number of aromatic nitrogens is 1. The first kappa shape index (κ1) is 14.9. The van der Waals surface area contributed by atoms with Gasteiger partial charge < -0.3 is 4.90 Å². The fraction of sp³-hybridized carbons (Fsp3) is 0.500. The predicted octanol–water partition coefficient (Wildman–Crippen LogP) is 2.77. The van der Waals surface area contributed by atoms with Gasteiger partial charge in [-0.3, -0.25) is 9.78 Å². The van der Waals surface area contributed by atoms with Gasteiger partial charge in [0.05, 0.1) is 0 Å². The highest BCUT2D eigenvalue weighted by Crippen LogP contribution is 2.04. The molecule has 1 heterocycles. The summed E-state index contributed by atoms with van der Waals surface area (Å²) in [7, 11) is 0. The number of carbonyl (C=O) groups is 1. The third kappa shape index (κ3) is 4.19. The number of nitrogens with zero attached hydrogens (tertiary/aromatic N) is 2. The van der Waals surface area contributed by atoms with E-state index in [0.29, 0.717) is 0 Å². The summed E-state index contributed by atoms with van der Waals surface area (Å²) in [5.41, 5.74) is 0.729. The number of amides is 1. The molecule has 0 spiro atoms. The zero-order chi connectivity index (χ0) is 11.1. The molecule has 1 amide bonds. The molecule has 0 radical (unpaired) electrons. The number of pyridine rings is 1. The lowest BCUT2D eigenvalue weighted by Crippen LogP contribution is -2.32. The summed E-state index contributed by atoms with van der Waals surface area (Å²) in [5.74, 6) is 0.112. The molecule has 4 heteroatoms. The van der Waals surface area contributed by atoms with Crippen LogP contribution < -0.4 is 0 Å². The van der Waals surface area contributed by atoms with Crippen molar-refractivity contribution in [1.82, 2.24) is 9.88 Å². The molecule has 0 bridgehead atoms. The molecule has 0 aliphatic rings. The average Bonchev–Trinajstić information content (AvgIpc) is 2.29. The number of hydrogen-bond donors (Lipinski definition) is 0. The average molecular weight is 243 g/mol. The zero-order valence-electron chi connectivity index (χ0n) is 9.85. The van der Waals surface area contributed by atoms with Crippen molar-refractivity contribution in [2.24, 2.45) is 0 Å². The summed E-state index contributed by atoms with van der Waals surface area (Å²) < 4.78 is 0. The summed E-state index contributed by atoms with van der Waals surface area (Å²) in [6.45, 7) is 5.83. The highest BCUT2D eigenvalue weighted by atomic mass is 35.5. The fourth-order valence-corrected chi connectivity index (χ4v) is 1.53. The molecule has 1 aromatic heterocycles. The van der Waals surface area contributed by atoms with Gasteiger partial charge in [0, 0.05) is 31.0 Å².